The number of hydrogen-bond acceptors (Lipinski definition) is 3. The summed E-state index contributed by atoms with van der Waals surface area (Å²) >= 11 is 0. The predicted octanol–water partition coefficient (Wildman–Crippen LogP) is 2.08. The number of carbonyl (C=O) groups excluding carboxylic acids is 1. The molecule has 98 valence electrons. The van der Waals surface area contributed by atoms with Gasteiger partial charge in [-0.25, -0.2) is 9.37 Å². The number of nitrogens with two attached hydrogens (primary N) is 1. The second kappa shape index (κ2) is 5.48. The first-order chi connectivity index (χ1) is 9.08. The minimum atomic E-state index is -0.578. The molecule has 0 spiro atoms. The van der Waals surface area contributed by atoms with E-state index in [9.17, 15) is 9.18 Å². The lowest BCUT2D eigenvalue weighted by Crippen LogP contribution is -2.27. The normalized spacial score (nSPS) is 10.2. The summed E-state index contributed by atoms with van der Waals surface area (Å²) in [7, 11) is 1.64. The number of nitrogen functional groups attached to an aromatic ring is 1. The van der Waals surface area contributed by atoms with Gasteiger partial charge in [-0.3, -0.25) is 4.79 Å². The van der Waals surface area contributed by atoms with Crippen molar-refractivity contribution in [1.29, 1.82) is 0 Å². The Morgan fingerprint density at radius 3 is 2.74 bits per heavy atom. The van der Waals surface area contributed by atoms with Gasteiger partial charge in [0.25, 0.3) is 5.91 Å². The average Bonchev–Trinajstić information content (AvgIpc) is 2.42. The highest BCUT2D eigenvalue weighted by Crippen LogP contribution is 2.14. The molecule has 0 atom stereocenters. The third kappa shape index (κ3) is 3.07. The molecule has 2 rings (SSSR count). The molecule has 19 heavy (non-hydrogen) atoms. The molecule has 0 aliphatic rings. The first-order valence-corrected chi connectivity index (χ1v) is 5.78. The van der Waals surface area contributed by atoms with Crippen molar-refractivity contribution < 1.29 is 9.18 Å². The van der Waals surface area contributed by atoms with Gasteiger partial charge in [0.05, 0.1) is 11.8 Å². The Balaban J connectivity index is 2.17. The summed E-state index contributed by atoms with van der Waals surface area (Å²) in [6, 6.07) is 10.6. The number of nitrogens with zero attached hydrogens (tertiary/aromatic N) is 2. The van der Waals surface area contributed by atoms with Crippen molar-refractivity contribution in [2.45, 2.75) is 6.54 Å². The highest BCUT2D eigenvalue weighted by atomic mass is 19.1. The number of rotatable bonds is 3. The van der Waals surface area contributed by atoms with Crippen LogP contribution in [0.25, 0.3) is 0 Å². The fraction of sp³-hybridized carbons (Fsp3) is 0.143. The van der Waals surface area contributed by atoms with Crippen molar-refractivity contribution in [3.63, 3.8) is 0 Å². The van der Waals surface area contributed by atoms with Crippen LogP contribution in [0.1, 0.15) is 15.9 Å². The van der Waals surface area contributed by atoms with Crippen LogP contribution in [0, 0.1) is 5.82 Å². The van der Waals surface area contributed by atoms with Crippen LogP contribution in [0.15, 0.2) is 42.6 Å². The molecule has 0 aliphatic heterocycles. The van der Waals surface area contributed by atoms with Crippen molar-refractivity contribution in [2.24, 2.45) is 0 Å². The number of benzene rings is 1. The molecule has 1 amide bonds. The molecule has 5 heteroatoms. The van der Waals surface area contributed by atoms with Gasteiger partial charge in [-0.05, 0) is 11.6 Å². The largest absolute Gasteiger partial charge is 0.383 e. The molecule has 0 aliphatic carbocycles. The van der Waals surface area contributed by atoms with Gasteiger partial charge in [-0.15, -0.1) is 0 Å². The summed E-state index contributed by atoms with van der Waals surface area (Å²) in [5, 5.41) is 0. The maximum absolute atomic E-state index is 13.1. The summed E-state index contributed by atoms with van der Waals surface area (Å²) in [4.78, 5) is 17.3. The van der Waals surface area contributed by atoms with Crippen LogP contribution in [0.2, 0.25) is 0 Å². The van der Waals surface area contributed by atoms with Gasteiger partial charge in [-0.2, -0.15) is 0 Å². The van der Waals surface area contributed by atoms with Crippen molar-refractivity contribution in [3.8, 4) is 0 Å². The maximum Gasteiger partial charge on any atom is 0.257 e. The SMILES string of the molecule is CN(Cc1ccccc1)C(=O)c1cc(F)cnc1N. The van der Waals surface area contributed by atoms with E-state index in [1.807, 2.05) is 30.3 Å². The molecule has 0 fully saturated rings. The van der Waals surface area contributed by atoms with E-state index in [4.69, 9.17) is 5.73 Å². The molecule has 0 saturated heterocycles. The standard InChI is InChI=1S/C14H14FN3O/c1-18(9-10-5-3-2-4-6-10)14(19)12-7-11(15)8-17-13(12)16/h2-8H,9H2,1H3,(H2,16,17). The lowest BCUT2D eigenvalue weighted by Gasteiger charge is -2.18. The summed E-state index contributed by atoms with van der Waals surface area (Å²) in [6.07, 6.45) is 0.989. The van der Waals surface area contributed by atoms with Crippen LogP contribution < -0.4 is 5.73 Å². The van der Waals surface area contributed by atoms with Gasteiger partial charge >= 0.3 is 0 Å². The molecule has 4 nitrogen and oxygen atoms in total. The molecular weight excluding hydrogens is 245 g/mol. The number of pyridine rings is 1. The molecule has 0 radical (unpaired) electrons. The quantitative estimate of drug-likeness (QED) is 0.918. The zero-order valence-electron chi connectivity index (χ0n) is 10.5. The predicted molar refractivity (Wildman–Crippen MR) is 70.8 cm³/mol. The third-order valence-electron chi connectivity index (χ3n) is 2.72. The second-order valence-corrected chi connectivity index (χ2v) is 4.23. The van der Waals surface area contributed by atoms with Crippen LogP contribution in [0.4, 0.5) is 10.2 Å². The van der Waals surface area contributed by atoms with Gasteiger partial charge in [0.2, 0.25) is 0 Å². The van der Waals surface area contributed by atoms with Gasteiger partial charge in [0, 0.05) is 13.6 Å². The lowest BCUT2D eigenvalue weighted by atomic mass is 10.2. The molecule has 2 aromatic rings. The molecular formula is C14H14FN3O. The van der Waals surface area contributed by atoms with E-state index >= 15 is 0 Å². The Labute approximate surface area is 110 Å². The summed E-state index contributed by atoms with van der Waals surface area (Å²) in [6.45, 7) is 0.426. The molecule has 0 bridgehead atoms. The van der Waals surface area contributed by atoms with Crippen molar-refractivity contribution >= 4 is 11.7 Å². The van der Waals surface area contributed by atoms with Gasteiger partial charge in [-0.1, -0.05) is 30.3 Å². The van der Waals surface area contributed by atoms with E-state index < -0.39 is 5.82 Å². The van der Waals surface area contributed by atoms with Crippen LogP contribution in [-0.4, -0.2) is 22.8 Å². The van der Waals surface area contributed by atoms with Crippen LogP contribution in [0.5, 0.6) is 0 Å². The molecule has 0 unspecified atom stereocenters. The summed E-state index contributed by atoms with van der Waals surface area (Å²) in [5.41, 5.74) is 6.67. The Bertz CT molecular complexity index is 586. The maximum atomic E-state index is 13.1. The zero-order valence-corrected chi connectivity index (χ0v) is 10.5. The number of aromatic nitrogens is 1. The van der Waals surface area contributed by atoms with E-state index in [1.165, 1.54) is 4.90 Å². The average molecular weight is 259 g/mol. The summed E-state index contributed by atoms with van der Waals surface area (Å²) in [5.74, 6) is -0.898. The topological polar surface area (TPSA) is 59.2 Å². The Morgan fingerprint density at radius 1 is 1.37 bits per heavy atom. The van der Waals surface area contributed by atoms with E-state index in [-0.39, 0.29) is 17.3 Å². The van der Waals surface area contributed by atoms with Crippen molar-refractivity contribution in [3.05, 3.63) is 59.5 Å². The first kappa shape index (κ1) is 13.0. The van der Waals surface area contributed by atoms with Crippen LogP contribution in [0.3, 0.4) is 0 Å². The highest BCUT2D eigenvalue weighted by Gasteiger charge is 2.16. The summed E-state index contributed by atoms with van der Waals surface area (Å²) < 4.78 is 13.1. The number of halogens is 1. The molecule has 0 saturated carbocycles. The lowest BCUT2D eigenvalue weighted by molar-refractivity contribution is 0.0785. The highest BCUT2D eigenvalue weighted by molar-refractivity contribution is 5.98. The fourth-order valence-corrected chi connectivity index (χ4v) is 1.76. The Kier molecular flexibility index (Phi) is 3.75. The second-order valence-electron chi connectivity index (χ2n) is 4.23. The van der Waals surface area contributed by atoms with Gasteiger partial charge < -0.3 is 10.6 Å². The minimum absolute atomic E-state index is 0.0336. The number of amides is 1. The molecule has 1 heterocycles. The first-order valence-electron chi connectivity index (χ1n) is 5.78. The third-order valence-corrected chi connectivity index (χ3v) is 2.72. The van der Waals surface area contributed by atoms with Crippen molar-refractivity contribution in [1.82, 2.24) is 9.88 Å². The van der Waals surface area contributed by atoms with E-state index in [2.05, 4.69) is 4.98 Å². The van der Waals surface area contributed by atoms with Gasteiger partial charge in [0.1, 0.15) is 11.6 Å². The number of carbonyl (C=O) groups is 1. The van der Waals surface area contributed by atoms with Crippen molar-refractivity contribution in [2.75, 3.05) is 12.8 Å². The zero-order chi connectivity index (χ0) is 13.8. The fourth-order valence-electron chi connectivity index (χ4n) is 1.76. The Morgan fingerprint density at radius 2 is 2.05 bits per heavy atom. The smallest absolute Gasteiger partial charge is 0.257 e. The monoisotopic (exact) mass is 259 g/mol. The van der Waals surface area contributed by atoms with E-state index in [0.717, 1.165) is 17.8 Å². The van der Waals surface area contributed by atoms with Gasteiger partial charge in [0.15, 0.2) is 0 Å². The van der Waals surface area contributed by atoms with Crippen LogP contribution >= 0.6 is 0 Å². The van der Waals surface area contributed by atoms with E-state index in [0.29, 0.717) is 6.54 Å². The number of hydrogen-bond donors (Lipinski definition) is 1. The number of anilines is 1. The van der Waals surface area contributed by atoms with Crippen LogP contribution in [-0.2, 0) is 6.54 Å². The minimum Gasteiger partial charge on any atom is -0.383 e. The molecule has 1 aromatic carbocycles. The van der Waals surface area contributed by atoms with E-state index in [1.54, 1.807) is 7.05 Å². The molecule has 2 N–H and O–H groups in total. The molecule has 1 aromatic heterocycles. The Hall–Kier alpha value is -2.43.